The summed E-state index contributed by atoms with van der Waals surface area (Å²) in [5.74, 6) is 0.790. The van der Waals surface area contributed by atoms with Gasteiger partial charge in [0.15, 0.2) is 5.82 Å². The molecule has 7 nitrogen and oxygen atoms in total. The number of hydrogen-bond acceptors (Lipinski definition) is 6. The van der Waals surface area contributed by atoms with Crippen molar-refractivity contribution in [1.82, 2.24) is 14.6 Å². The molecule has 4 atom stereocenters. The number of aromatic nitrogens is 3. The first kappa shape index (κ1) is 26.4. The van der Waals surface area contributed by atoms with E-state index in [1.807, 2.05) is 40.9 Å². The Hall–Kier alpha value is -4.49. The Balaban J connectivity index is 1.10. The molecule has 2 aliphatic carbocycles. The third kappa shape index (κ3) is 5.40. The highest BCUT2D eigenvalue weighted by Gasteiger charge is 2.39. The van der Waals surface area contributed by atoms with Crippen molar-refractivity contribution >= 4 is 17.3 Å². The van der Waals surface area contributed by atoms with Gasteiger partial charge >= 0.3 is 5.97 Å². The first-order valence-corrected chi connectivity index (χ1v) is 14.8. The van der Waals surface area contributed by atoms with E-state index in [0.29, 0.717) is 25.2 Å². The lowest BCUT2D eigenvalue weighted by molar-refractivity contribution is -0.000555. The van der Waals surface area contributed by atoms with E-state index in [-0.39, 0.29) is 30.0 Å². The SMILES string of the molecule is O=C(O[C@H]1C[C@H](c2ccc3c(N[C@H]4CCc5ccccc54)ncnn23)CC1COCc1ccccc1)c1ccccc1. The minimum absolute atomic E-state index is 0.0753. The molecule has 2 aromatic heterocycles. The topological polar surface area (TPSA) is 77.8 Å². The first-order valence-electron chi connectivity index (χ1n) is 14.8. The Labute approximate surface area is 245 Å². The molecule has 2 heterocycles. The van der Waals surface area contributed by atoms with E-state index in [2.05, 4.69) is 63.9 Å². The minimum Gasteiger partial charge on any atom is -0.458 e. The van der Waals surface area contributed by atoms with Crippen LogP contribution in [0, 0.1) is 5.92 Å². The van der Waals surface area contributed by atoms with E-state index in [1.54, 1.807) is 18.5 Å². The van der Waals surface area contributed by atoms with Gasteiger partial charge in [0.1, 0.15) is 17.9 Å². The lowest BCUT2D eigenvalue weighted by Gasteiger charge is -2.20. The molecular formula is C35H34N4O3. The lowest BCUT2D eigenvalue weighted by atomic mass is 10.0. The number of benzene rings is 3. The number of hydrogen-bond donors (Lipinski definition) is 1. The highest BCUT2D eigenvalue weighted by molar-refractivity contribution is 5.89. The summed E-state index contributed by atoms with van der Waals surface area (Å²) in [5.41, 5.74) is 6.50. The highest BCUT2D eigenvalue weighted by Crippen LogP contribution is 2.42. The molecule has 0 radical (unpaired) electrons. The Bertz CT molecular complexity index is 1670. The average Bonchev–Trinajstić information content (AvgIpc) is 3.76. The number of rotatable bonds is 9. The zero-order chi connectivity index (χ0) is 28.3. The molecular weight excluding hydrogens is 524 g/mol. The molecule has 7 heteroatoms. The molecule has 2 aliphatic rings. The second-order valence-corrected chi connectivity index (χ2v) is 11.3. The average molecular weight is 559 g/mol. The van der Waals surface area contributed by atoms with Crippen molar-refractivity contribution in [1.29, 1.82) is 0 Å². The van der Waals surface area contributed by atoms with E-state index in [4.69, 9.17) is 9.47 Å². The van der Waals surface area contributed by atoms with Gasteiger partial charge in [0.2, 0.25) is 0 Å². The fourth-order valence-corrected chi connectivity index (χ4v) is 6.58. The van der Waals surface area contributed by atoms with Gasteiger partial charge in [-0.2, -0.15) is 5.10 Å². The number of carbonyl (C=O) groups excluding carboxylic acids is 1. The zero-order valence-electron chi connectivity index (χ0n) is 23.4. The van der Waals surface area contributed by atoms with Crippen LogP contribution in [0.15, 0.2) is 103 Å². The largest absolute Gasteiger partial charge is 0.458 e. The van der Waals surface area contributed by atoms with Gasteiger partial charge in [-0.05, 0) is 66.6 Å². The van der Waals surface area contributed by atoms with Crippen molar-refractivity contribution < 1.29 is 14.3 Å². The van der Waals surface area contributed by atoms with Gasteiger partial charge in [0.05, 0.1) is 24.8 Å². The maximum atomic E-state index is 13.0. The number of carbonyl (C=O) groups is 1. The van der Waals surface area contributed by atoms with Crippen LogP contribution < -0.4 is 5.32 Å². The Morgan fingerprint density at radius 2 is 1.69 bits per heavy atom. The molecule has 0 aliphatic heterocycles. The van der Waals surface area contributed by atoms with Crippen LogP contribution in [0.1, 0.15) is 64.0 Å². The fraction of sp³-hybridized carbons (Fsp3) is 0.286. The number of nitrogens with zero attached hydrogens (tertiary/aromatic N) is 3. The normalized spacial score (nSPS) is 21.3. The Kier molecular flexibility index (Phi) is 7.41. The van der Waals surface area contributed by atoms with Gasteiger partial charge in [0, 0.05) is 17.5 Å². The van der Waals surface area contributed by atoms with E-state index >= 15 is 0 Å². The van der Waals surface area contributed by atoms with Gasteiger partial charge in [0.25, 0.3) is 0 Å². The summed E-state index contributed by atoms with van der Waals surface area (Å²) in [4.78, 5) is 17.7. The maximum Gasteiger partial charge on any atom is 0.338 e. The van der Waals surface area contributed by atoms with Gasteiger partial charge in [-0.3, -0.25) is 0 Å². The molecule has 0 bridgehead atoms. The van der Waals surface area contributed by atoms with E-state index in [1.165, 1.54) is 11.1 Å². The summed E-state index contributed by atoms with van der Waals surface area (Å²) >= 11 is 0. The molecule has 7 rings (SSSR count). The molecule has 1 fully saturated rings. The molecule has 0 spiro atoms. The molecule has 1 N–H and O–H groups in total. The number of fused-ring (bicyclic) bond motifs is 2. The van der Waals surface area contributed by atoms with Gasteiger partial charge in [-0.1, -0.05) is 72.8 Å². The zero-order valence-corrected chi connectivity index (χ0v) is 23.4. The molecule has 0 saturated heterocycles. The van der Waals surface area contributed by atoms with Crippen molar-refractivity contribution in [2.45, 2.75) is 50.4 Å². The summed E-state index contributed by atoms with van der Waals surface area (Å²) < 4.78 is 14.3. The summed E-state index contributed by atoms with van der Waals surface area (Å²) in [7, 11) is 0. The van der Waals surface area contributed by atoms with Crippen LogP contribution in [-0.2, 0) is 22.5 Å². The summed E-state index contributed by atoms with van der Waals surface area (Å²) in [6, 6.07) is 32.5. The molecule has 3 aromatic carbocycles. The number of ether oxygens (including phenoxy) is 2. The Morgan fingerprint density at radius 3 is 2.55 bits per heavy atom. The van der Waals surface area contributed by atoms with Crippen LogP contribution in [0.5, 0.6) is 0 Å². The van der Waals surface area contributed by atoms with Crippen LogP contribution in [0.3, 0.4) is 0 Å². The van der Waals surface area contributed by atoms with Gasteiger partial charge < -0.3 is 14.8 Å². The monoisotopic (exact) mass is 558 g/mol. The van der Waals surface area contributed by atoms with E-state index in [9.17, 15) is 4.79 Å². The standard InChI is InChI=1S/C35H34N4O3/c40-35(26-12-5-2-6-13-26)42-33-20-27(19-28(33)22-41-21-24-9-3-1-4-10-24)31-17-18-32-34(36-23-37-39(31)32)38-30-16-15-25-11-7-8-14-29(25)30/h1-14,17-18,23,27-28,30,33H,15-16,19-22H2,(H,36,37,38)/t27-,28?,30+,33+/m1/s1. The number of esters is 1. The third-order valence-electron chi connectivity index (χ3n) is 8.68. The van der Waals surface area contributed by atoms with Crippen LogP contribution in [0.2, 0.25) is 0 Å². The number of aryl methyl sites for hydroxylation is 1. The highest BCUT2D eigenvalue weighted by atomic mass is 16.5. The van der Waals surface area contributed by atoms with Gasteiger partial charge in [-0.15, -0.1) is 0 Å². The smallest absolute Gasteiger partial charge is 0.338 e. The van der Waals surface area contributed by atoms with Crippen molar-refractivity contribution in [3.05, 3.63) is 131 Å². The fourth-order valence-electron chi connectivity index (χ4n) is 6.58. The molecule has 0 amide bonds. The molecule has 1 saturated carbocycles. The van der Waals surface area contributed by atoms with Crippen LogP contribution in [0.4, 0.5) is 5.82 Å². The summed E-state index contributed by atoms with van der Waals surface area (Å²) in [5, 5.41) is 8.34. The number of anilines is 1. The molecule has 212 valence electrons. The van der Waals surface area contributed by atoms with Crippen LogP contribution >= 0.6 is 0 Å². The van der Waals surface area contributed by atoms with Crippen molar-refractivity contribution in [3.8, 4) is 0 Å². The molecule has 1 unspecified atom stereocenters. The molecule has 42 heavy (non-hydrogen) atoms. The lowest BCUT2D eigenvalue weighted by Crippen LogP contribution is -2.25. The second-order valence-electron chi connectivity index (χ2n) is 11.3. The second kappa shape index (κ2) is 11.8. The van der Waals surface area contributed by atoms with Crippen molar-refractivity contribution in [3.63, 3.8) is 0 Å². The predicted molar refractivity (Wildman–Crippen MR) is 161 cm³/mol. The quantitative estimate of drug-likeness (QED) is 0.201. The van der Waals surface area contributed by atoms with E-state index < -0.39 is 0 Å². The number of nitrogens with one attached hydrogen (secondary N) is 1. The van der Waals surface area contributed by atoms with Crippen molar-refractivity contribution in [2.75, 3.05) is 11.9 Å². The summed E-state index contributed by atoms with van der Waals surface area (Å²) in [6.07, 6.45) is 5.05. The Morgan fingerprint density at radius 1 is 0.905 bits per heavy atom. The summed E-state index contributed by atoms with van der Waals surface area (Å²) in [6.45, 7) is 1.05. The van der Waals surface area contributed by atoms with Gasteiger partial charge in [-0.25, -0.2) is 14.3 Å². The van der Waals surface area contributed by atoms with Crippen molar-refractivity contribution in [2.24, 2.45) is 5.92 Å². The maximum absolute atomic E-state index is 13.0. The van der Waals surface area contributed by atoms with E-state index in [0.717, 1.165) is 41.9 Å². The minimum atomic E-state index is -0.292. The van der Waals surface area contributed by atoms with Crippen LogP contribution in [-0.4, -0.2) is 33.3 Å². The predicted octanol–water partition coefficient (Wildman–Crippen LogP) is 6.76. The van der Waals surface area contributed by atoms with Crippen LogP contribution in [0.25, 0.3) is 5.52 Å². The molecule has 5 aromatic rings. The first-order chi connectivity index (χ1) is 20.7. The third-order valence-corrected chi connectivity index (χ3v) is 8.68.